The molecule has 0 aromatic heterocycles. The Morgan fingerprint density at radius 1 is 1.16 bits per heavy atom. The minimum atomic E-state index is -0.874. The molecule has 5 heteroatoms. The van der Waals surface area contributed by atoms with Gasteiger partial charge in [0.05, 0.1) is 5.56 Å². The highest BCUT2D eigenvalue weighted by Crippen LogP contribution is 2.21. The Balaban J connectivity index is 1.65. The number of nitrogens with zero attached hydrogens (tertiary/aromatic N) is 1. The lowest BCUT2D eigenvalue weighted by Crippen LogP contribution is -2.42. The van der Waals surface area contributed by atoms with Crippen LogP contribution >= 0.6 is 0 Å². The van der Waals surface area contributed by atoms with Gasteiger partial charge in [-0.15, -0.1) is 0 Å². The van der Waals surface area contributed by atoms with Crippen LogP contribution in [0, 0.1) is 6.92 Å². The summed E-state index contributed by atoms with van der Waals surface area (Å²) >= 11 is 0. The number of esters is 1. The van der Waals surface area contributed by atoms with Crippen molar-refractivity contribution < 1.29 is 19.4 Å². The van der Waals surface area contributed by atoms with Crippen LogP contribution in [-0.2, 0) is 22.5 Å². The lowest BCUT2D eigenvalue weighted by molar-refractivity contribution is -0.140. The van der Waals surface area contributed by atoms with Crippen molar-refractivity contribution in [2.75, 3.05) is 6.54 Å². The van der Waals surface area contributed by atoms with Crippen molar-refractivity contribution in [1.29, 1.82) is 0 Å². The fourth-order valence-corrected chi connectivity index (χ4v) is 2.96. The summed E-state index contributed by atoms with van der Waals surface area (Å²) in [5.41, 5.74) is 3.29. The van der Waals surface area contributed by atoms with E-state index in [1.807, 2.05) is 18.2 Å². The fourth-order valence-electron chi connectivity index (χ4n) is 2.96. The average molecular weight is 339 g/mol. The van der Waals surface area contributed by atoms with E-state index in [2.05, 4.69) is 6.07 Å². The van der Waals surface area contributed by atoms with Crippen LogP contribution < -0.4 is 0 Å². The zero-order valence-corrected chi connectivity index (χ0v) is 14.4. The van der Waals surface area contributed by atoms with E-state index in [1.165, 1.54) is 11.6 Å². The molecule has 1 amide bonds. The first-order chi connectivity index (χ1) is 12.0. The molecule has 0 saturated carbocycles. The highest BCUT2D eigenvalue weighted by atomic mass is 16.5. The van der Waals surface area contributed by atoms with E-state index in [9.17, 15) is 14.7 Å². The Labute approximate surface area is 146 Å². The van der Waals surface area contributed by atoms with Gasteiger partial charge in [0, 0.05) is 13.1 Å². The van der Waals surface area contributed by atoms with Crippen LogP contribution in [0.25, 0.3) is 0 Å². The third-order valence-electron chi connectivity index (χ3n) is 4.52. The number of carbonyl (C=O) groups excluding carboxylic acids is 2. The molecule has 0 spiro atoms. The van der Waals surface area contributed by atoms with Crippen LogP contribution in [0.1, 0.15) is 34.0 Å². The van der Waals surface area contributed by atoms with Crippen molar-refractivity contribution in [3.63, 3.8) is 0 Å². The molecule has 0 saturated heterocycles. The zero-order valence-electron chi connectivity index (χ0n) is 14.4. The van der Waals surface area contributed by atoms with Crippen molar-refractivity contribution in [3.8, 4) is 5.75 Å². The number of ether oxygens (including phenoxy) is 1. The molecule has 5 nitrogen and oxygen atoms in total. The average Bonchev–Trinajstić information content (AvgIpc) is 2.62. The minimum absolute atomic E-state index is 0.0288. The van der Waals surface area contributed by atoms with E-state index in [4.69, 9.17) is 4.74 Å². The number of benzene rings is 2. The highest BCUT2D eigenvalue weighted by molar-refractivity contribution is 5.92. The van der Waals surface area contributed by atoms with Crippen LogP contribution in [-0.4, -0.2) is 34.5 Å². The molecule has 1 heterocycles. The van der Waals surface area contributed by atoms with E-state index in [0.29, 0.717) is 18.7 Å². The number of phenols is 1. The van der Waals surface area contributed by atoms with Gasteiger partial charge in [-0.3, -0.25) is 4.79 Å². The van der Waals surface area contributed by atoms with Crippen molar-refractivity contribution >= 4 is 11.9 Å². The monoisotopic (exact) mass is 339 g/mol. The molecule has 2 aromatic carbocycles. The van der Waals surface area contributed by atoms with Crippen molar-refractivity contribution in [1.82, 2.24) is 4.90 Å². The molecular formula is C20H21NO4. The number of hydrogen-bond donors (Lipinski definition) is 1. The molecule has 0 aliphatic carbocycles. The van der Waals surface area contributed by atoms with Gasteiger partial charge in [-0.25, -0.2) is 4.79 Å². The lowest BCUT2D eigenvalue weighted by Gasteiger charge is -2.30. The summed E-state index contributed by atoms with van der Waals surface area (Å²) in [5, 5.41) is 9.71. The smallest absolute Gasteiger partial charge is 0.339 e. The predicted octanol–water partition coefficient (Wildman–Crippen LogP) is 2.83. The standard InChI is InChI=1S/C20H21NO4/c1-13-7-8-16(11-18(13)22)20(24)25-14(2)19(23)21-10-9-15-5-3-4-6-17(15)12-21/h3-8,11,14,22H,9-10,12H2,1-2H3. The summed E-state index contributed by atoms with van der Waals surface area (Å²) in [6.07, 6.45) is -0.0739. The first kappa shape index (κ1) is 17.0. The Hall–Kier alpha value is -2.82. The van der Waals surface area contributed by atoms with Gasteiger partial charge in [-0.1, -0.05) is 30.3 Å². The number of hydrogen-bond acceptors (Lipinski definition) is 4. The summed E-state index contributed by atoms with van der Waals surface area (Å²) in [5.74, 6) is -0.797. The molecule has 0 radical (unpaired) electrons. The molecule has 1 atom stereocenters. The number of amides is 1. The molecular weight excluding hydrogens is 318 g/mol. The molecule has 130 valence electrons. The molecule has 1 unspecified atom stereocenters. The van der Waals surface area contributed by atoms with Crippen LogP contribution in [0.15, 0.2) is 42.5 Å². The van der Waals surface area contributed by atoms with Gasteiger partial charge >= 0.3 is 5.97 Å². The third kappa shape index (κ3) is 3.65. The summed E-state index contributed by atoms with van der Waals surface area (Å²) in [4.78, 5) is 26.5. The SMILES string of the molecule is Cc1ccc(C(=O)OC(C)C(=O)N2CCc3ccccc3C2)cc1O. The maximum atomic E-state index is 12.6. The van der Waals surface area contributed by atoms with E-state index in [0.717, 1.165) is 12.0 Å². The maximum absolute atomic E-state index is 12.6. The second-order valence-electron chi connectivity index (χ2n) is 6.33. The van der Waals surface area contributed by atoms with E-state index in [-0.39, 0.29) is 17.2 Å². The maximum Gasteiger partial charge on any atom is 0.339 e. The molecule has 3 rings (SSSR count). The van der Waals surface area contributed by atoms with Gasteiger partial charge in [0.1, 0.15) is 5.75 Å². The predicted molar refractivity (Wildman–Crippen MR) is 93.3 cm³/mol. The molecule has 2 aromatic rings. The molecule has 0 fully saturated rings. The van der Waals surface area contributed by atoms with Gasteiger partial charge in [0.2, 0.25) is 0 Å². The van der Waals surface area contributed by atoms with Gasteiger partial charge in [-0.05, 0) is 49.1 Å². The van der Waals surface area contributed by atoms with E-state index >= 15 is 0 Å². The first-order valence-corrected chi connectivity index (χ1v) is 8.32. The second kappa shape index (κ2) is 6.97. The number of phenolic OH excluding ortho intramolecular Hbond substituents is 1. The Morgan fingerprint density at radius 3 is 2.60 bits per heavy atom. The Kier molecular flexibility index (Phi) is 4.74. The minimum Gasteiger partial charge on any atom is -0.508 e. The van der Waals surface area contributed by atoms with Gasteiger partial charge in [0.15, 0.2) is 6.10 Å². The number of aromatic hydroxyl groups is 1. The number of carbonyl (C=O) groups is 2. The largest absolute Gasteiger partial charge is 0.508 e. The van der Waals surface area contributed by atoms with Crippen molar-refractivity contribution in [2.24, 2.45) is 0 Å². The van der Waals surface area contributed by atoms with Gasteiger partial charge in [-0.2, -0.15) is 0 Å². The Bertz CT molecular complexity index is 815. The van der Waals surface area contributed by atoms with Gasteiger partial charge < -0.3 is 14.7 Å². The van der Waals surface area contributed by atoms with Crippen LogP contribution in [0.4, 0.5) is 0 Å². The Morgan fingerprint density at radius 2 is 1.88 bits per heavy atom. The van der Waals surface area contributed by atoms with Gasteiger partial charge in [0.25, 0.3) is 5.91 Å². The number of rotatable bonds is 3. The zero-order chi connectivity index (χ0) is 18.0. The van der Waals surface area contributed by atoms with E-state index < -0.39 is 12.1 Å². The quantitative estimate of drug-likeness (QED) is 0.873. The summed E-state index contributed by atoms with van der Waals surface area (Å²) in [6, 6.07) is 12.6. The first-order valence-electron chi connectivity index (χ1n) is 8.32. The normalized spacial score (nSPS) is 14.6. The summed E-state index contributed by atoms with van der Waals surface area (Å²) in [6.45, 7) is 4.46. The third-order valence-corrected chi connectivity index (χ3v) is 4.52. The summed E-state index contributed by atoms with van der Waals surface area (Å²) < 4.78 is 5.29. The topological polar surface area (TPSA) is 66.8 Å². The molecule has 1 aliphatic rings. The lowest BCUT2D eigenvalue weighted by atomic mass is 9.99. The fraction of sp³-hybridized carbons (Fsp3) is 0.300. The summed E-state index contributed by atoms with van der Waals surface area (Å²) in [7, 11) is 0. The van der Waals surface area contributed by atoms with Crippen LogP contribution in [0.2, 0.25) is 0 Å². The molecule has 25 heavy (non-hydrogen) atoms. The number of aryl methyl sites for hydroxylation is 1. The highest BCUT2D eigenvalue weighted by Gasteiger charge is 2.27. The van der Waals surface area contributed by atoms with E-state index in [1.54, 1.807) is 30.9 Å². The number of fused-ring (bicyclic) bond motifs is 1. The van der Waals surface area contributed by atoms with Crippen molar-refractivity contribution in [3.05, 3.63) is 64.7 Å². The second-order valence-corrected chi connectivity index (χ2v) is 6.33. The van der Waals surface area contributed by atoms with Crippen LogP contribution in [0.5, 0.6) is 5.75 Å². The van der Waals surface area contributed by atoms with Crippen molar-refractivity contribution in [2.45, 2.75) is 32.9 Å². The molecule has 1 N–H and O–H groups in total. The van der Waals surface area contributed by atoms with Crippen LogP contribution in [0.3, 0.4) is 0 Å². The molecule has 1 aliphatic heterocycles. The molecule has 0 bridgehead atoms.